The van der Waals surface area contributed by atoms with Crippen molar-refractivity contribution in [2.24, 2.45) is 0 Å². The number of nitrogens with zero attached hydrogens (tertiary/aromatic N) is 2. The summed E-state index contributed by atoms with van der Waals surface area (Å²) in [5.74, 6) is 1.97. The van der Waals surface area contributed by atoms with Gasteiger partial charge >= 0.3 is 0 Å². The van der Waals surface area contributed by atoms with Crippen LogP contribution < -0.4 is 14.8 Å². The first kappa shape index (κ1) is 13.4. The van der Waals surface area contributed by atoms with E-state index in [4.69, 9.17) is 21.1 Å². The lowest BCUT2D eigenvalue weighted by Crippen LogP contribution is -2.04. The average Bonchev–Trinajstić information content (AvgIpc) is 2.45. The molecule has 6 heteroatoms. The van der Waals surface area contributed by atoms with Crippen LogP contribution in [0.4, 0.5) is 5.82 Å². The summed E-state index contributed by atoms with van der Waals surface area (Å²) in [5.41, 5.74) is 0.955. The molecule has 2 rings (SSSR count). The molecule has 1 N–H and O–H groups in total. The quantitative estimate of drug-likeness (QED) is 0.912. The van der Waals surface area contributed by atoms with Gasteiger partial charge in [-0.15, -0.1) is 0 Å². The Morgan fingerprint density at radius 1 is 1.26 bits per heavy atom. The summed E-state index contributed by atoms with van der Waals surface area (Å²) >= 11 is 5.98. The number of halogens is 1. The molecule has 19 heavy (non-hydrogen) atoms. The van der Waals surface area contributed by atoms with Gasteiger partial charge in [0.15, 0.2) is 11.5 Å². The highest BCUT2D eigenvalue weighted by Crippen LogP contribution is 2.31. The average molecular weight is 280 g/mol. The third-order valence-corrected chi connectivity index (χ3v) is 2.87. The second-order valence-corrected chi connectivity index (χ2v) is 4.13. The Morgan fingerprint density at radius 3 is 2.79 bits per heavy atom. The summed E-state index contributed by atoms with van der Waals surface area (Å²) in [6.07, 6.45) is 2.98. The van der Waals surface area contributed by atoms with Gasteiger partial charge in [0.25, 0.3) is 0 Å². The molecule has 0 radical (unpaired) electrons. The van der Waals surface area contributed by atoms with Gasteiger partial charge in [-0.3, -0.25) is 0 Å². The van der Waals surface area contributed by atoms with Gasteiger partial charge in [-0.25, -0.2) is 9.97 Å². The molecule has 2 aromatic rings. The van der Waals surface area contributed by atoms with E-state index in [9.17, 15) is 0 Å². The van der Waals surface area contributed by atoms with E-state index in [2.05, 4.69) is 15.3 Å². The van der Waals surface area contributed by atoms with Gasteiger partial charge in [-0.2, -0.15) is 0 Å². The lowest BCUT2D eigenvalue weighted by Gasteiger charge is -2.13. The van der Waals surface area contributed by atoms with Crippen molar-refractivity contribution in [2.75, 3.05) is 19.5 Å². The Hall–Kier alpha value is -2.01. The fourth-order valence-corrected chi connectivity index (χ4v) is 1.89. The third-order valence-electron chi connectivity index (χ3n) is 2.60. The first-order valence-electron chi connectivity index (χ1n) is 5.65. The highest BCUT2D eigenvalue weighted by Gasteiger charge is 2.10. The van der Waals surface area contributed by atoms with Gasteiger partial charge in [0.1, 0.15) is 17.2 Å². The molecular weight excluding hydrogens is 266 g/mol. The van der Waals surface area contributed by atoms with Gasteiger partial charge in [0.2, 0.25) is 0 Å². The van der Waals surface area contributed by atoms with Crippen LogP contribution >= 0.6 is 11.6 Å². The monoisotopic (exact) mass is 279 g/mol. The molecule has 0 aliphatic heterocycles. The Morgan fingerprint density at radius 2 is 2.11 bits per heavy atom. The zero-order valence-corrected chi connectivity index (χ0v) is 11.4. The van der Waals surface area contributed by atoms with Crippen molar-refractivity contribution in [1.82, 2.24) is 9.97 Å². The zero-order valence-electron chi connectivity index (χ0n) is 10.7. The predicted molar refractivity (Wildman–Crippen MR) is 73.9 cm³/mol. The maximum absolute atomic E-state index is 5.98. The number of ether oxygens (including phenoxy) is 2. The van der Waals surface area contributed by atoms with Crippen molar-refractivity contribution in [1.29, 1.82) is 0 Å². The van der Waals surface area contributed by atoms with Crippen LogP contribution in [0.2, 0.25) is 5.02 Å². The molecule has 1 heterocycles. The number of hydrogen-bond donors (Lipinski definition) is 1. The molecule has 0 aliphatic carbocycles. The Labute approximate surface area is 116 Å². The highest BCUT2D eigenvalue weighted by molar-refractivity contribution is 6.32. The first-order valence-corrected chi connectivity index (χ1v) is 6.03. The number of benzene rings is 1. The number of nitrogens with one attached hydrogen (secondary N) is 1. The van der Waals surface area contributed by atoms with Crippen molar-refractivity contribution in [3.05, 3.63) is 41.3 Å². The Kier molecular flexibility index (Phi) is 4.41. The van der Waals surface area contributed by atoms with Gasteiger partial charge in [0.05, 0.1) is 20.4 Å². The van der Waals surface area contributed by atoms with E-state index < -0.39 is 0 Å². The van der Waals surface area contributed by atoms with Crippen LogP contribution in [0, 0.1) is 0 Å². The largest absolute Gasteiger partial charge is 0.493 e. The fourth-order valence-electron chi connectivity index (χ4n) is 1.71. The van der Waals surface area contributed by atoms with Crippen molar-refractivity contribution in [2.45, 2.75) is 6.54 Å². The van der Waals surface area contributed by atoms with Crippen molar-refractivity contribution in [3.63, 3.8) is 0 Å². The number of para-hydroxylation sites is 1. The van der Waals surface area contributed by atoms with Gasteiger partial charge in [0, 0.05) is 12.1 Å². The van der Waals surface area contributed by atoms with E-state index in [1.165, 1.54) is 6.33 Å². The molecule has 1 aromatic heterocycles. The molecule has 0 aliphatic rings. The number of aromatic nitrogens is 2. The molecular formula is C13H14ClN3O2. The van der Waals surface area contributed by atoms with Crippen molar-refractivity contribution in [3.8, 4) is 11.5 Å². The van der Waals surface area contributed by atoms with Crippen LogP contribution in [-0.2, 0) is 6.54 Å². The summed E-state index contributed by atoms with van der Waals surface area (Å²) in [6.45, 7) is 0.525. The van der Waals surface area contributed by atoms with E-state index >= 15 is 0 Å². The van der Waals surface area contributed by atoms with Gasteiger partial charge < -0.3 is 14.8 Å². The zero-order chi connectivity index (χ0) is 13.7. The summed E-state index contributed by atoms with van der Waals surface area (Å²) in [7, 11) is 3.22. The number of methoxy groups -OCH3 is 2. The SMILES string of the molecule is COc1cccc(CNc2ncncc2Cl)c1OC. The van der Waals surface area contributed by atoms with Crippen LogP contribution in [0.25, 0.3) is 0 Å². The maximum atomic E-state index is 5.98. The van der Waals surface area contributed by atoms with Gasteiger partial charge in [-0.1, -0.05) is 23.7 Å². The molecule has 0 unspecified atom stereocenters. The Bertz CT molecular complexity index is 563. The third kappa shape index (κ3) is 3.06. The second kappa shape index (κ2) is 6.24. The molecule has 0 saturated carbocycles. The summed E-state index contributed by atoms with van der Waals surface area (Å²) in [5, 5.41) is 3.61. The van der Waals surface area contributed by atoms with Gasteiger partial charge in [-0.05, 0) is 6.07 Å². The summed E-state index contributed by atoms with van der Waals surface area (Å²) in [4.78, 5) is 7.90. The minimum absolute atomic E-state index is 0.476. The van der Waals surface area contributed by atoms with Crippen LogP contribution in [0.3, 0.4) is 0 Å². The molecule has 0 atom stereocenters. The molecule has 0 spiro atoms. The van der Waals surface area contributed by atoms with Crippen molar-refractivity contribution < 1.29 is 9.47 Å². The minimum atomic E-state index is 0.476. The normalized spacial score (nSPS) is 10.1. The lowest BCUT2D eigenvalue weighted by molar-refractivity contribution is 0.352. The standard InChI is InChI=1S/C13H14ClN3O2/c1-18-11-5-3-4-9(12(11)19-2)6-16-13-10(14)7-15-8-17-13/h3-5,7-8H,6H2,1-2H3,(H,15,16,17). The van der Waals surface area contributed by atoms with E-state index in [0.29, 0.717) is 28.9 Å². The van der Waals surface area contributed by atoms with E-state index in [-0.39, 0.29) is 0 Å². The highest BCUT2D eigenvalue weighted by atomic mass is 35.5. The number of hydrogen-bond acceptors (Lipinski definition) is 5. The van der Waals surface area contributed by atoms with Crippen LogP contribution in [0.15, 0.2) is 30.7 Å². The fraction of sp³-hybridized carbons (Fsp3) is 0.231. The number of anilines is 1. The van der Waals surface area contributed by atoms with Crippen molar-refractivity contribution >= 4 is 17.4 Å². The topological polar surface area (TPSA) is 56.3 Å². The minimum Gasteiger partial charge on any atom is -0.493 e. The second-order valence-electron chi connectivity index (χ2n) is 3.73. The first-order chi connectivity index (χ1) is 9.26. The van der Waals surface area contributed by atoms with E-state index in [0.717, 1.165) is 5.56 Å². The van der Waals surface area contributed by atoms with Crippen LogP contribution in [0.5, 0.6) is 11.5 Å². The summed E-state index contributed by atoms with van der Waals surface area (Å²) in [6, 6.07) is 5.70. The number of rotatable bonds is 5. The molecule has 0 amide bonds. The van der Waals surface area contributed by atoms with Crippen LogP contribution in [0.1, 0.15) is 5.56 Å². The van der Waals surface area contributed by atoms with E-state index in [1.54, 1.807) is 20.4 Å². The molecule has 1 aromatic carbocycles. The van der Waals surface area contributed by atoms with Crippen LogP contribution in [-0.4, -0.2) is 24.2 Å². The van der Waals surface area contributed by atoms with E-state index in [1.807, 2.05) is 18.2 Å². The molecule has 0 saturated heterocycles. The molecule has 0 fully saturated rings. The summed E-state index contributed by atoms with van der Waals surface area (Å²) < 4.78 is 10.6. The maximum Gasteiger partial charge on any atom is 0.165 e. The molecule has 0 bridgehead atoms. The Balaban J connectivity index is 2.18. The lowest BCUT2D eigenvalue weighted by atomic mass is 10.2. The molecule has 100 valence electrons. The smallest absolute Gasteiger partial charge is 0.165 e. The predicted octanol–water partition coefficient (Wildman–Crippen LogP) is 2.76. The molecule has 5 nitrogen and oxygen atoms in total.